The van der Waals surface area contributed by atoms with Crippen molar-refractivity contribution in [3.63, 3.8) is 0 Å². The van der Waals surface area contributed by atoms with E-state index in [1.165, 1.54) is 0 Å². The lowest BCUT2D eigenvalue weighted by atomic mass is 10.3. The summed E-state index contributed by atoms with van der Waals surface area (Å²) in [5, 5.41) is 0. The first-order valence-electron chi connectivity index (χ1n) is 3.12. The number of rotatable bonds is 4. The van der Waals surface area contributed by atoms with Crippen molar-refractivity contribution >= 4 is 5.97 Å². The number of hydrogen-bond acceptors (Lipinski definition) is 2. The highest BCUT2D eigenvalue weighted by atomic mass is 16.5. The second-order valence-corrected chi connectivity index (χ2v) is 1.96. The summed E-state index contributed by atoms with van der Waals surface area (Å²) in [4.78, 5) is 10.7. The lowest BCUT2D eigenvalue weighted by Crippen LogP contribution is -2.05. The van der Waals surface area contributed by atoms with Gasteiger partial charge in [-0.25, -0.2) is 4.79 Å². The SMILES string of the molecule is [CH2]C[CH]COC(=O)C(=C)C. The van der Waals surface area contributed by atoms with E-state index in [2.05, 4.69) is 13.5 Å². The van der Waals surface area contributed by atoms with Crippen LogP contribution < -0.4 is 0 Å². The van der Waals surface area contributed by atoms with Gasteiger partial charge in [-0.2, -0.15) is 0 Å². The van der Waals surface area contributed by atoms with Crippen molar-refractivity contribution in [2.24, 2.45) is 0 Å². The molecule has 0 rings (SSSR count). The number of hydrogen-bond donors (Lipinski definition) is 0. The van der Waals surface area contributed by atoms with Gasteiger partial charge in [0.25, 0.3) is 0 Å². The maximum atomic E-state index is 10.7. The van der Waals surface area contributed by atoms with Gasteiger partial charge in [0, 0.05) is 5.57 Å². The van der Waals surface area contributed by atoms with Gasteiger partial charge in [-0.1, -0.05) is 13.5 Å². The van der Waals surface area contributed by atoms with E-state index in [4.69, 9.17) is 4.74 Å². The van der Waals surface area contributed by atoms with Crippen molar-refractivity contribution in [1.82, 2.24) is 0 Å². The molecule has 0 aliphatic rings. The number of carbonyl (C=O) groups excluding carboxylic acids is 1. The van der Waals surface area contributed by atoms with Gasteiger partial charge in [0.1, 0.15) is 0 Å². The van der Waals surface area contributed by atoms with E-state index in [0.29, 0.717) is 18.6 Å². The summed E-state index contributed by atoms with van der Waals surface area (Å²) in [5.74, 6) is -0.343. The third-order valence-corrected chi connectivity index (χ3v) is 0.885. The Morgan fingerprint density at radius 1 is 1.70 bits per heavy atom. The van der Waals surface area contributed by atoms with Gasteiger partial charge in [-0.05, 0) is 19.8 Å². The van der Waals surface area contributed by atoms with E-state index in [-0.39, 0.29) is 5.97 Å². The maximum absolute atomic E-state index is 10.7. The zero-order valence-corrected chi connectivity index (χ0v) is 6.22. The monoisotopic (exact) mass is 140 g/mol. The molecule has 0 bridgehead atoms. The summed E-state index contributed by atoms with van der Waals surface area (Å²) in [6.45, 7) is 8.93. The van der Waals surface area contributed by atoms with Crippen molar-refractivity contribution in [1.29, 1.82) is 0 Å². The maximum Gasteiger partial charge on any atom is 0.333 e. The second-order valence-electron chi connectivity index (χ2n) is 1.96. The third-order valence-electron chi connectivity index (χ3n) is 0.885. The molecular formula is C8H12O2. The van der Waals surface area contributed by atoms with Crippen LogP contribution in [0, 0.1) is 13.3 Å². The molecule has 0 aliphatic carbocycles. The first kappa shape index (κ1) is 9.21. The zero-order chi connectivity index (χ0) is 7.98. The first-order valence-corrected chi connectivity index (χ1v) is 3.12. The molecule has 0 heterocycles. The minimum atomic E-state index is -0.343. The molecule has 0 saturated carbocycles. The fraction of sp³-hybridized carbons (Fsp3) is 0.375. The Balaban J connectivity index is 3.31. The minimum absolute atomic E-state index is 0.329. The Morgan fingerprint density at radius 2 is 2.30 bits per heavy atom. The second kappa shape index (κ2) is 5.03. The predicted octanol–water partition coefficient (Wildman–Crippen LogP) is 1.53. The summed E-state index contributed by atoms with van der Waals surface area (Å²) in [6, 6.07) is 0. The van der Waals surface area contributed by atoms with E-state index in [9.17, 15) is 4.79 Å². The van der Waals surface area contributed by atoms with Gasteiger partial charge in [0.2, 0.25) is 0 Å². The molecule has 0 unspecified atom stereocenters. The zero-order valence-electron chi connectivity index (χ0n) is 6.22. The molecule has 0 amide bonds. The highest BCUT2D eigenvalue weighted by Crippen LogP contribution is 1.93. The predicted molar refractivity (Wildman–Crippen MR) is 40.0 cm³/mol. The molecule has 0 aliphatic heterocycles. The Morgan fingerprint density at radius 3 is 2.70 bits per heavy atom. The van der Waals surface area contributed by atoms with E-state index in [1.807, 2.05) is 0 Å². The topological polar surface area (TPSA) is 26.3 Å². The highest BCUT2D eigenvalue weighted by Gasteiger charge is 2.00. The summed E-state index contributed by atoms with van der Waals surface area (Å²) >= 11 is 0. The first-order chi connectivity index (χ1) is 4.68. The van der Waals surface area contributed by atoms with Crippen LogP contribution in [0.25, 0.3) is 0 Å². The van der Waals surface area contributed by atoms with E-state index in [0.717, 1.165) is 0 Å². The summed E-state index contributed by atoms with van der Waals surface area (Å²) in [5.41, 5.74) is 0.428. The van der Waals surface area contributed by atoms with Crippen molar-refractivity contribution < 1.29 is 9.53 Å². The van der Waals surface area contributed by atoms with Crippen LogP contribution in [-0.2, 0) is 9.53 Å². The lowest BCUT2D eigenvalue weighted by molar-refractivity contribution is -0.138. The van der Waals surface area contributed by atoms with Gasteiger partial charge in [0.15, 0.2) is 0 Å². The average Bonchev–Trinajstić information content (AvgIpc) is 1.88. The molecule has 2 heteroatoms. The van der Waals surface area contributed by atoms with E-state index in [1.54, 1.807) is 13.3 Å². The molecule has 56 valence electrons. The molecular weight excluding hydrogens is 128 g/mol. The van der Waals surface area contributed by atoms with Gasteiger partial charge in [0.05, 0.1) is 6.61 Å². The lowest BCUT2D eigenvalue weighted by Gasteiger charge is -2.00. The van der Waals surface area contributed by atoms with Crippen molar-refractivity contribution in [2.45, 2.75) is 13.3 Å². The minimum Gasteiger partial charge on any atom is -0.462 e. The summed E-state index contributed by atoms with van der Waals surface area (Å²) in [6.07, 6.45) is 2.45. The fourth-order valence-corrected chi connectivity index (χ4v) is 0.341. The summed E-state index contributed by atoms with van der Waals surface area (Å²) < 4.78 is 4.71. The standard InChI is InChI=1S/C8H12O2/c1-4-5-6-10-8(9)7(2)3/h5H,1-2,4,6H2,3H3. The van der Waals surface area contributed by atoms with E-state index < -0.39 is 0 Å². The smallest absolute Gasteiger partial charge is 0.333 e. The largest absolute Gasteiger partial charge is 0.462 e. The Bertz CT molecular complexity index is 127. The molecule has 0 fully saturated rings. The van der Waals surface area contributed by atoms with Crippen LogP contribution in [0.1, 0.15) is 13.3 Å². The van der Waals surface area contributed by atoms with Crippen molar-refractivity contribution in [3.05, 3.63) is 25.5 Å². The number of carbonyl (C=O) groups is 1. The molecule has 0 saturated heterocycles. The fourth-order valence-electron chi connectivity index (χ4n) is 0.341. The Labute approximate surface area is 61.9 Å². The van der Waals surface area contributed by atoms with Gasteiger partial charge in [-0.3, -0.25) is 0 Å². The van der Waals surface area contributed by atoms with Gasteiger partial charge >= 0.3 is 5.97 Å². The van der Waals surface area contributed by atoms with Crippen LogP contribution in [0.4, 0.5) is 0 Å². The van der Waals surface area contributed by atoms with Crippen LogP contribution in [0.3, 0.4) is 0 Å². The highest BCUT2D eigenvalue weighted by molar-refractivity contribution is 5.86. The van der Waals surface area contributed by atoms with Crippen LogP contribution in [0.5, 0.6) is 0 Å². The molecule has 10 heavy (non-hydrogen) atoms. The molecule has 2 nitrogen and oxygen atoms in total. The Kier molecular flexibility index (Phi) is 4.63. The average molecular weight is 140 g/mol. The molecule has 0 aromatic heterocycles. The van der Waals surface area contributed by atoms with Crippen LogP contribution in [0.2, 0.25) is 0 Å². The third kappa shape index (κ3) is 4.13. The van der Waals surface area contributed by atoms with E-state index >= 15 is 0 Å². The Hall–Kier alpha value is -0.790. The molecule has 0 N–H and O–H groups in total. The van der Waals surface area contributed by atoms with Gasteiger partial charge in [-0.15, -0.1) is 0 Å². The quantitative estimate of drug-likeness (QED) is 0.336. The molecule has 0 aromatic carbocycles. The molecule has 0 spiro atoms. The number of esters is 1. The summed E-state index contributed by atoms with van der Waals surface area (Å²) in [7, 11) is 0. The molecule has 0 atom stereocenters. The number of ether oxygens (including phenoxy) is 1. The molecule has 2 radical (unpaired) electrons. The van der Waals surface area contributed by atoms with Crippen molar-refractivity contribution in [2.75, 3.05) is 6.61 Å². The van der Waals surface area contributed by atoms with Gasteiger partial charge < -0.3 is 4.74 Å². The normalized spacial score (nSPS) is 9.00. The van der Waals surface area contributed by atoms with Crippen molar-refractivity contribution in [3.8, 4) is 0 Å². The van der Waals surface area contributed by atoms with Crippen LogP contribution in [-0.4, -0.2) is 12.6 Å². The molecule has 0 aromatic rings. The van der Waals surface area contributed by atoms with Crippen LogP contribution >= 0.6 is 0 Å². The number of unbranched alkanes of at least 4 members (excludes halogenated alkanes) is 1. The van der Waals surface area contributed by atoms with Crippen LogP contribution in [0.15, 0.2) is 12.2 Å².